The van der Waals surface area contributed by atoms with Crippen molar-refractivity contribution in [2.45, 2.75) is 33.1 Å². The predicted octanol–water partition coefficient (Wildman–Crippen LogP) is 3.94. The average molecular weight is 410 g/mol. The Morgan fingerprint density at radius 1 is 1.30 bits per heavy atom. The van der Waals surface area contributed by atoms with E-state index >= 15 is 0 Å². The van der Waals surface area contributed by atoms with Crippen molar-refractivity contribution >= 4 is 46.3 Å². The number of ether oxygens (including phenoxy) is 2. The van der Waals surface area contributed by atoms with E-state index in [0.717, 1.165) is 12.0 Å². The molecule has 0 radical (unpaired) electrons. The van der Waals surface area contributed by atoms with E-state index in [1.165, 1.54) is 16.7 Å². The minimum absolute atomic E-state index is 0.00699. The molecule has 0 aliphatic carbocycles. The second-order valence-electron chi connectivity index (χ2n) is 5.82. The molecule has 1 aliphatic rings. The molecule has 0 atom stereocenters. The standard InChI is InChI=1S/C19H23NO5S2/c1-3-10-25-14-8-7-13(11-15(14)24-4-2)12-16-18(23)20(19(26)27-16)9-5-6-17(21)22/h7-8,11-12H,3-6,9-10H2,1-2H3,(H,21,22). The molecule has 27 heavy (non-hydrogen) atoms. The molecule has 1 saturated heterocycles. The fourth-order valence-electron chi connectivity index (χ4n) is 2.45. The van der Waals surface area contributed by atoms with Crippen LogP contribution < -0.4 is 9.47 Å². The Morgan fingerprint density at radius 3 is 2.74 bits per heavy atom. The first-order valence-corrected chi connectivity index (χ1v) is 10.1. The van der Waals surface area contributed by atoms with Gasteiger partial charge in [-0.1, -0.05) is 37.0 Å². The highest BCUT2D eigenvalue weighted by molar-refractivity contribution is 8.26. The van der Waals surface area contributed by atoms with Gasteiger partial charge in [-0.15, -0.1) is 0 Å². The minimum atomic E-state index is -0.884. The van der Waals surface area contributed by atoms with Crippen molar-refractivity contribution in [3.05, 3.63) is 28.7 Å². The van der Waals surface area contributed by atoms with E-state index in [1.807, 2.05) is 32.0 Å². The van der Waals surface area contributed by atoms with Crippen LogP contribution in [-0.4, -0.2) is 46.0 Å². The van der Waals surface area contributed by atoms with Crippen LogP contribution in [0.25, 0.3) is 6.08 Å². The normalized spacial score (nSPS) is 15.5. The summed E-state index contributed by atoms with van der Waals surface area (Å²) in [5.74, 6) is 0.234. The van der Waals surface area contributed by atoms with Gasteiger partial charge in [0.15, 0.2) is 11.5 Å². The number of carbonyl (C=O) groups is 2. The molecule has 6 nitrogen and oxygen atoms in total. The van der Waals surface area contributed by atoms with Crippen LogP contribution in [0, 0.1) is 0 Å². The molecule has 0 spiro atoms. The van der Waals surface area contributed by atoms with Gasteiger partial charge in [0.1, 0.15) is 4.32 Å². The fourth-order valence-corrected chi connectivity index (χ4v) is 3.76. The minimum Gasteiger partial charge on any atom is -0.490 e. The Hall–Kier alpha value is -2.06. The summed E-state index contributed by atoms with van der Waals surface area (Å²) in [7, 11) is 0. The summed E-state index contributed by atoms with van der Waals surface area (Å²) >= 11 is 6.48. The van der Waals surface area contributed by atoms with Gasteiger partial charge in [-0.25, -0.2) is 0 Å². The number of carbonyl (C=O) groups excluding carboxylic acids is 1. The first-order chi connectivity index (χ1) is 13.0. The summed E-state index contributed by atoms with van der Waals surface area (Å²) < 4.78 is 11.8. The largest absolute Gasteiger partial charge is 0.490 e. The molecule has 2 rings (SSSR count). The van der Waals surface area contributed by atoms with E-state index in [0.29, 0.717) is 46.9 Å². The second-order valence-corrected chi connectivity index (χ2v) is 7.49. The zero-order chi connectivity index (χ0) is 19.8. The van der Waals surface area contributed by atoms with Gasteiger partial charge >= 0.3 is 5.97 Å². The Morgan fingerprint density at radius 2 is 2.07 bits per heavy atom. The van der Waals surface area contributed by atoms with E-state index in [9.17, 15) is 9.59 Å². The number of thiocarbonyl (C=S) groups is 1. The number of hydrogen-bond acceptors (Lipinski definition) is 6. The Bertz CT molecular complexity index is 748. The molecule has 1 amide bonds. The number of carboxylic acid groups (broad SMARTS) is 1. The molecular formula is C19H23NO5S2. The molecule has 0 aromatic heterocycles. The first-order valence-electron chi connectivity index (χ1n) is 8.83. The molecule has 0 bridgehead atoms. The topological polar surface area (TPSA) is 76.1 Å². The van der Waals surface area contributed by atoms with Gasteiger partial charge < -0.3 is 14.6 Å². The summed E-state index contributed by atoms with van der Waals surface area (Å²) in [4.78, 5) is 25.2. The van der Waals surface area contributed by atoms with E-state index in [-0.39, 0.29) is 12.3 Å². The monoisotopic (exact) mass is 409 g/mol. The third-order valence-corrected chi connectivity index (χ3v) is 5.05. The molecule has 1 heterocycles. The van der Waals surface area contributed by atoms with Crippen LogP contribution in [0.15, 0.2) is 23.1 Å². The van der Waals surface area contributed by atoms with Gasteiger partial charge in [-0.3, -0.25) is 14.5 Å². The van der Waals surface area contributed by atoms with Gasteiger partial charge in [-0.2, -0.15) is 0 Å². The van der Waals surface area contributed by atoms with Crippen LogP contribution in [0.5, 0.6) is 11.5 Å². The first kappa shape index (κ1) is 21.2. The highest BCUT2D eigenvalue weighted by atomic mass is 32.2. The molecule has 8 heteroatoms. The lowest BCUT2D eigenvalue weighted by Crippen LogP contribution is -2.29. The van der Waals surface area contributed by atoms with Gasteiger partial charge in [0.05, 0.1) is 18.1 Å². The summed E-state index contributed by atoms with van der Waals surface area (Å²) in [5, 5.41) is 8.74. The molecule has 0 saturated carbocycles. The fraction of sp³-hybridized carbons (Fsp3) is 0.421. The van der Waals surface area contributed by atoms with E-state index in [2.05, 4.69) is 0 Å². The van der Waals surface area contributed by atoms with Crippen molar-refractivity contribution in [1.29, 1.82) is 0 Å². The lowest BCUT2D eigenvalue weighted by Gasteiger charge is -2.13. The number of nitrogens with zero attached hydrogens (tertiary/aromatic N) is 1. The Kier molecular flexibility index (Phi) is 8.12. The number of hydrogen-bond donors (Lipinski definition) is 1. The SMILES string of the molecule is CCCOc1ccc(C=C2SC(=S)N(CCCC(=O)O)C2=O)cc1OCC. The lowest BCUT2D eigenvalue weighted by atomic mass is 10.2. The number of amides is 1. The van der Waals surface area contributed by atoms with Crippen molar-refractivity contribution in [2.75, 3.05) is 19.8 Å². The number of rotatable bonds is 10. The predicted molar refractivity (Wildman–Crippen MR) is 110 cm³/mol. The quantitative estimate of drug-likeness (QED) is 0.463. The molecule has 1 aromatic carbocycles. The molecule has 1 N–H and O–H groups in total. The summed E-state index contributed by atoms with van der Waals surface area (Å²) in [5.41, 5.74) is 0.813. The van der Waals surface area contributed by atoms with Gasteiger partial charge in [-0.05, 0) is 43.5 Å². The third kappa shape index (κ3) is 5.97. The smallest absolute Gasteiger partial charge is 0.303 e. The highest BCUT2D eigenvalue weighted by Gasteiger charge is 2.31. The van der Waals surface area contributed by atoms with E-state index in [4.69, 9.17) is 26.8 Å². The van der Waals surface area contributed by atoms with Gasteiger partial charge in [0.25, 0.3) is 5.91 Å². The van der Waals surface area contributed by atoms with Crippen LogP contribution in [0.3, 0.4) is 0 Å². The van der Waals surface area contributed by atoms with Crippen molar-refractivity contribution in [3.63, 3.8) is 0 Å². The van der Waals surface area contributed by atoms with Crippen LogP contribution in [-0.2, 0) is 9.59 Å². The Balaban J connectivity index is 2.15. The molecular weight excluding hydrogens is 386 g/mol. The zero-order valence-electron chi connectivity index (χ0n) is 15.4. The molecule has 146 valence electrons. The van der Waals surface area contributed by atoms with Crippen LogP contribution >= 0.6 is 24.0 Å². The zero-order valence-corrected chi connectivity index (χ0v) is 17.0. The van der Waals surface area contributed by atoms with Crippen LogP contribution in [0.2, 0.25) is 0 Å². The van der Waals surface area contributed by atoms with E-state index < -0.39 is 5.97 Å². The molecule has 0 unspecified atom stereocenters. The maximum atomic E-state index is 12.6. The number of benzene rings is 1. The average Bonchev–Trinajstić information content (AvgIpc) is 2.88. The summed E-state index contributed by atoms with van der Waals surface area (Å²) in [6.45, 7) is 5.36. The van der Waals surface area contributed by atoms with Crippen molar-refractivity contribution in [3.8, 4) is 11.5 Å². The summed E-state index contributed by atoms with van der Waals surface area (Å²) in [6, 6.07) is 5.54. The van der Waals surface area contributed by atoms with Crippen LogP contribution in [0.4, 0.5) is 0 Å². The lowest BCUT2D eigenvalue weighted by molar-refractivity contribution is -0.137. The van der Waals surface area contributed by atoms with Crippen LogP contribution in [0.1, 0.15) is 38.7 Å². The number of thioether (sulfide) groups is 1. The molecule has 1 aromatic rings. The maximum absolute atomic E-state index is 12.6. The maximum Gasteiger partial charge on any atom is 0.303 e. The van der Waals surface area contributed by atoms with Crippen molar-refractivity contribution in [1.82, 2.24) is 4.90 Å². The number of carboxylic acids is 1. The highest BCUT2D eigenvalue weighted by Crippen LogP contribution is 2.35. The third-order valence-electron chi connectivity index (χ3n) is 3.67. The Labute approximate surface area is 168 Å². The van der Waals surface area contributed by atoms with Gasteiger partial charge in [0, 0.05) is 13.0 Å². The molecule has 1 fully saturated rings. The van der Waals surface area contributed by atoms with Crippen molar-refractivity contribution in [2.24, 2.45) is 0 Å². The number of aliphatic carboxylic acids is 1. The van der Waals surface area contributed by atoms with Gasteiger partial charge in [0.2, 0.25) is 0 Å². The second kappa shape index (κ2) is 10.3. The van der Waals surface area contributed by atoms with E-state index in [1.54, 1.807) is 6.08 Å². The molecule has 1 aliphatic heterocycles. The summed E-state index contributed by atoms with van der Waals surface area (Å²) in [6.07, 6.45) is 3.04. The van der Waals surface area contributed by atoms with Crippen molar-refractivity contribution < 1.29 is 24.2 Å².